The van der Waals surface area contributed by atoms with Crippen molar-refractivity contribution in [2.75, 3.05) is 13.7 Å². The molecule has 0 aromatic heterocycles. The molecular weight excluding hydrogens is 214 g/mol. The van der Waals surface area contributed by atoms with E-state index in [-0.39, 0.29) is 11.7 Å². The molecule has 0 aliphatic rings. The standard InChI is InChI=1S/C11H16ClNO2/c1-7(6-13)5-8-10(14)4-3-9(12)11(8)15-2/h3-4,7,14H,5-6,13H2,1-2H3. The lowest BCUT2D eigenvalue weighted by molar-refractivity contribution is 0.394. The average Bonchev–Trinajstić information content (AvgIpc) is 2.23. The maximum atomic E-state index is 9.71. The maximum Gasteiger partial charge on any atom is 0.144 e. The lowest BCUT2D eigenvalue weighted by atomic mass is 9.99. The fourth-order valence-electron chi connectivity index (χ4n) is 1.44. The Morgan fingerprint density at radius 1 is 1.53 bits per heavy atom. The zero-order chi connectivity index (χ0) is 11.4. The summed E-state index contributed by atoms with van der Waals surface area (Å²) in [5.41, 5.74) is 6.27. The van der Waals surface area contributed by atoms with Crippen molar-refractivity contribution in [1.29, 1.82) is 0 Å². The van der Waals surface area contributed by atoms with Crippen LogP contribution in [0.3, 0.4) is 0 Å². The summed E-state index contributed by atoms with van der Waals surface area (Å²) in [4.78, 5) is 0. The van der Waals surface area contributed by atoms with E-state index in [1.165, 1.54) is 7.11 Å². The number of halogens is 1. The van der Waals surface area contributed by atoms with Gasteiger partial charge in [0, 0.05) is 5.56 Å². The molecule has 0 heterocycles. The van der Waals surface area contributed by atoms with E-state index in [0.717, 1.165) is 5.56 Å². The Hall–Kier alpha value is -0.930. The first kappa shape index (κ1) is 12.1. The van der Waals surface area contributed by atoms with Crippen LogP contribution in [0.4, 0.5) is 0 Å². The molecule has 0 amide bonds. The third kappa shape index (κ3) is 2.76. The van der Waals surface area contributed by atoms with Gasteiger partial charge in [-0.1, -0.05) is 18.5 Å². The Bertz CT molecular complexity index is 342. The van der Waals surface area contributed by atoms with Gasteiger partial charge in [-0.3, -0.25) is 0 Å². The molecule has 0 radical (unpaired) electrons. The van der Waals surface area contributed by atoms with E-state index in [4.69, 9.17) is 22.1 Å². The Labute approximate surface area is 94.8 Å². The highest BCUT2D eigenvalue weighted by Gasteiger charge is 2.14. The van der Waals surface area contributed by atoms with Crippen molar-refractivity contribution in [2.24, 2.45) is 11.7 Å². The smallest absolute Gasteiger partial charge is 0.144 e. The summed E-state index contributed by atoms with van der Waals surface area (Å²) in [6, 6.07) is 3.19. The van der Waals surface area contributed by atoms with E-state index in [2.05, 4.69) is 0 Å². The molecule has 0 bridgehead atoms. The van der Waals surface area contributed by atoms with Crippen LogP contribution in [0.15, 0.2) is 12.1 Å². The summed E-state index contributed by atoms with van der Waals surface area (Å²) in [5.74, 6) is 1.02. The Morgan fingerprint density at radius 3 is 2.73 bits per heavy atom. The van der Waals surface area contributed by atoms with Gasteiger partial charge >= 0.3 is 0 Å². The molecule has 0 fully saturated rings. The molecule has 3 nitrogen and oxygen atoms in total. The van der Waals surface area contributed by atoms with Gasteiger partial charge in [-0.05, 0) is 31.0 Å². The maximum absolute atomic E-state index is 9.71. The third-order valence-electron chi connectivity index (χ3n) is 2.35. The van der Waals surface area contributed by atoms with E-state index < -0.39 is 0 Å². The van der Waals surface area contributed by atoms with Crippen molar-refractivity contribution in [3.8, 4) is 11.5 Å². The molecule has 1 rings (SSSR count). The number of benzene rings is 1. The number of hydrogen-bond donors (Lipinski definition) is 2. The highest BCUT2D eigenvalue weighted by atomic mass is 35.5. The van der Waals surface area contributed by atoms with Crippen molar-refractivity contribution in [1.82, 2.24) is 0 Å². The molecule has 1 unspecified atom stereocenters. The summed E-state index contributed by atoms with van der Waals surface area (Å²) in [5, 5.41) is 10.2. The molecule has 0 saturated carbocycles. The molecule has 0 saturated heterocycles. The molecule has 3 N–H and O–H groups in total. The first-order chi connectivity index (χ1) is 7.10. The zero-order valence-corrected chi connectivity index (χ0v) is 9.71. The quantitative estimate of drug-likeness (QED) is 0.832. The lowest BCUT2D eigenvalue weighted by Crippen LogP contribution is -2.13. The first-order valence-electron chi connectivity index (χ1n) is 4.84. The molecule has 1 atom stereocenters. The molecule has 15 heavy (non-hydrogen) atoms. The summed E-state index contributed by atoms with van der Waals surface area (Å²) in [6.45, 7) is 2.58. The SMILES string of the molecule is COc1c(Cl)ccc(O)c1CC(C)CN. The number of phenols is 1. The molecule has 1 aromatic carbocycles. The van der Waals surface area contributed by atoms with Gasteiger partial charge < -0.3 is 15.6 Å². The predicted octanol–water partition coefficient (Wildman–Crippen LogP) is 2.19. The van der Waals surface area contributed by atoms with E-state index >= 15 is 0 Å². The van der Waals surface area contributed by atoms with Crippen LogP contribution in [0.2, 0.25) is 5.02 Å². The molecule has 84 valence electrons. The van der Waals surface area contributed by atoms with Gasteiger partial charge in [-0.15, -0.1) is 0 Å². The van der Waals surface area contributed by atoms with Crippen molar-refractivity contribution in [2.45, 2.75) is 13.3 Å². The van der Waals surface area contributed by atoms with Gasteiger partial charge in [0.15, 0.2) is 0 Å². The van der Waals surface area contributed by atoms with Crippen LogP contribution in [0.5, 0.6) is 11.5 Å². The number of methoxy groups -OCH3 is 1. The second-order valence-electron chi connectivity index (χ2n) is 3.62. The summed E-state index contributed by atoms with van der Waals surface area (Å²) in [6.07, 6.45) is 0.659. The zero-order valence-electron chi connectivity index (χ0n) is 8.96. The van der Waals surface area contributed by atoms with Crippen LogP contribution in [0, 0.1) is 5.92 Å². The van der Waals surface area contributed by atoms with Gasteiger partial charge in [0.05, 0.1) is 12.1 Å². The van der Waals surface area contributed by atoms with Gasteiger partial charge in [0.1, 0.15) is 11.5 Å². The van der Waals surface area contributed by atoms with E-state index in [9.17, 15) is 5.11 Å². The fourth-order valence-corrected chi connectivity index (χ4v) is 1.69. The Balaban J connectivity index is 3.08. The van der Waals surface area contributed by atoms with Gasteiger partial charge in [0.2, 0.25) is 0 Å². The molecule has 1 aromatic rings. The van der Waals surface area contributed by atoms with Gasteiger partial charge in [-0.2, -0.15) is 0 Å². The highest BCUT2D eigenvalue weighted by molar-refractivity contribution is 6.32. The number of nitrogens with two attached hydrogens (primary N) is 1. The summed E-state index contributed by atoms with van der Waals surface area (Å²) >= 11 is 5.96. The van der Waals surface area contributed by atoms with Gasteiger partial charge in [-0.25, -0.2) is 0 Å². The third-order valence-corrected chi connectivity index (χ3v) is 2.64. The fraction of sp³-hybridized carbons (Fsp3) is 0.455. The monoisotopic (exact) mass is 229 g/mol. The van der Waals surface area contributed by atoms with E-state index in [1.807, 2.05) is 6.92 Å². The molecule has 4 heteroatoms. The largest absolute Gasteiger partial charge is 0.508 e. The Morgan fingerprint density at radius 2 is 2.20 bits per heavy atom. The van der Waals surface area contributed by atoms with Crippen molar-refractivity contribution < 1.29 is 9.84 Å². The van der Waals surface area contributed by atoms with Crippen molar-refractivity contribution >= 4 is 11.6 Å². The average molecular weight is 230 g/mol. The molecule has 0 aliphatic carbocycles. The van der Waals surface area contributed by atoms with Crippen LogP contribution in [-0.2, 0) is 6.42 Å². The second kappa shape index (κ2) is 5.24. The summed E-state index contributed by atoms with van der Waals surface area (Å²) < 4.78 is 5.17. The minimum absolute atomic E-state index is 0.205. The van der Waals surface area contributed by atoms with Crippen LogP contribution < -0.4 is 10.5 Å². The predicted molar refractivity (Wildman–Crippen MR) is 61.6 cm³/mol. The summed E-state index contributed by atoms with van der Waals surface area (Å²) in [7, 11) is 1.54. The number of aromatic hydroxyl groups is 1. The topological polar surface area (TPSA) is 55.5 Å². The van der Waals surface area contributed by atoms with Crippen LogP contribution >= 0.6 is 11.6 Å². The number of phenolic OH excluding ortho intramolecular Hbond substituents is 1. The van der Waals surface area contributed by atoms with Gasteiger partial charge in [0.25, 0.3) is 0 Å². The van der Waals surface area contributed by atoms with Crippen LogP contribution in [-0.4, -0.2) is 18.8 Å². The highest BCUT2D eigenvalue weighted by Crippen LogP contribution is 2.36. The Kier molecular flexibility index (Phi) is 4.24. The molecule has 0 spiro atoms. The van der Waals surface area contributed by atoms with Crippen molar-refractivity contribution in [3.63, 3.8) is 0 Å². The first-order valence-corrected chi connectivity index (χ1v) is 5.22. The number of hydrogen-bond acceptors (Lipinski definition) is 3. The van der Waals surface area contributed by atoms with Crippen LogP contribution in [0.25, 0.3) is 0 Å². The van der Waals surface area contributed by atoms with E-state index in [1.54, 1.807) is 12.1 Å². The number of rotatable bonds is 4. The molecule has 0 aliphatic heterocycles. The van der Waals surface area contributed by atoms with Crippen LogP contribution in [0.1, 0.15) is 12.5 Å². The minimum Gasteiger partial charge on any atom is -0.508 e. The lowest BCUT2D eigenvalue weighted by Gasteiger charge is -2.14. The number of ether oxygens (including phenoxy) is 1. The minimum atomic E-state index is 0.205. The van der Waals surface area contributed by atoms with E-state index in [0.29, 0.717) is 23.7 Å². The van der Waals surface area contributed by atoms with Crippen molar-refractivity contribution in [3.05, 3.63) is 22.7 Å². The second-order valence-corrected chi connectivity index (χ2v) is 4.03. The molecular formula is C11H16ClNO2. The normalized spacial score (nSPS) is 12.5.